The summed E-state index contributed by atoms with van der Waals surface area (Å²) in [5.41, 5.74) is 3.59. The Morgan fingerprint density at radius 3 is 2.55 bits per heavy atom. The van der Waals surface area contributed by atoms with Crippen LogP contribution in [0.25, 0.3) is 0 Å². The van der Waals surface area contributed by atoms with Gasteiger partial charge in [0.25, 0.3) is 0 Å². The molecule has 1 aliphatic heterocycles. The van der Waals surface area contributed by atoms with Crippen LogP contribution in [-0.2, 0) is 6.42 Å². The Kier molecular flexibility index (Phi) is 7.23. The summed E-state index contributed by atoms with van der Waals surface area (Å²) in [7, 11) is 1.57. The highest BCUT2D eigenvalue weighted by molar-refractivity contribution is 5.90. The average Bonchev–Trinajstić information content (AvgIpc) is 2.72. The zero-order chi connectivity index (χ0) is 20.8. The number of amides is 2. The van der Waals surface area contributed by atoms with Crippen LogP contribution in [0.2, 0.25) is 0 Å². The molecule has 1 aliphatic rings. The van der Waals surface area contributed by atoms with E-state index in [0.29, 0.717) is 18.2 Å². The molecule has 0 aromatic heterocycles. The smallest absolute Gasteiger partial charge is 0.318 e. The molecule has 1 unspecified atom stereocenters. The first-order chi connectivity index (χ1) is 13.9. The van der Waals surface area contributed by atoms with Gasteiger partial charge in [0.05, 0.1) is 6.10 Å². The molecule has 5 nitrogen and oxygen atoms in total. The highest BCUT2D eigenvalue weighted by atomic mass is 19.1. The lowest BCUT2D eigenvalue weighted by Gasteiger charge is -2.33. The normalized spacial score (nSPS) is 16.4. The van der Waals surface area contributed by atoms with Crippen LogP contribution in [0.4, 0.5) is 14.9 Å². The molecule has 156 valence electrons. The van der Waals surface area contributed by atoms with Crippen molar-refractivity contribution in [2.45, 2.75) is 32.3 Å². The number of aliphatic hydroxyl groups is 1. The van der Waals surface area contributed by atoms with Crippen LogP contribution in [0.15, 0.2) is 42.5 Å². The molecule has 3 N–H and O–H groups in total. The standard InChI is InChI=1S/C23H30FN3O2/c1-16-3-8-21(26-23(29)25-2)20(13-16)22(28)15-27-11-9-18(10-12-27)14-17-4-6-19(24)7-5-17/h3-8,13,18,22,28H,9-12,14-15H2,1-2H3,(H2,25,26,29). The summed E-state index contributed by atoms with van der Waals surface area (Å²) in [4.78, 5) is 14.0. The van der Waals surface area contributed by atoms with E-state index in [1.165, 1.54) is 17.7 Å². The Morgan fingerprint density at radius 2 is 1.90 bits per heavy atom. The molecular formula is C23H30FN3O2. The predicted octanol–water partition coefficient (Wildman–Crippen LogP) is 3.87. The number of anilines is 1. The van der Waals surface area contributed by atoms with Gasteiger partial charge in [0.2, 0.25) is 0 Å². The lowest BCUT2D eigenvalue weighted by atomic mass is 9.90. The quantitative estimate of drug-likeness (QED) is 0.691. The van der Waals surface area contributed by atoms with Crippen molar-refractivity contribution in [3.8, 4) is 0 Å². The van der Waals surface area contributed by atoms with Crippen molar-refractivity contribution in [3.05, 3.63) is 65.0 Å². The van der Waals surface area contributed by atoms with E-state index in [4.69, 9.17) is 0 Å². The van der Waals surface area contributed by atoms with Gasteiger partial charge in [-0.2, -0.15) is 0 Å². The van der Waals surface area contributed by atoms with Crippen molar-refractivity contribution in [1.82, 2.24) is 10.2 Å². The van der Waals surface area contributed by atoms with Gasteiger partial charge < -0.3 is 20.6 Å². The van der Waals surface area contributed by atoms with Crippen LogP contribution >= 0.6 is 0 Å². The van der Waals surface area contributed by atoms with Gasteiger partial charge in [-0.05, 0) is 69.0 Å². The highest BCUT2D eigenvalue weighted by Crippen LogP contribution is 2.28. The summed E-state index contributed by atoms with van der Waals surface area (Å²) < 4.78 is 13.1. The van der Waals surface area contributed by atoms with Crippen LogP contribution in [0.3, 0.4) is 0 Å². The van der Waals surface area contributed by atoms with Crippen LogP contribution in [0.1, 0.15) is 35.6 Å². The first-order valence-corrected chi connectivity index (χ1v) is 10.2. The Bertz CT molecular complexity index is 817. The van der Waals surface area contributed by atoms with Gasteiger partial charge in [0, 0.05) is 24.8 Å². The van der Waals surface area contributed by atoms with Crippen molar-refractivity contribution in [2.75, 3.05) is 32.0 Å². The number of piperidine rings is 1. The van der Waals surface area contributed by atoms with Crippen LogP contribution < -0.4 is 10.6 Å². The van der Waals surface area contributed by atoms with E-state index in [1.807, 2.05) is 37.3 Å². The van der Waals surface area contributed by atoms with Crippen LogP contribution in [0.5, 0.6) is 0 Å². The number of nitrogens with one attached hydrogen (secondary N) is 2. The summed E-state index contributed by atoms with van der Waals surface area (Å²) in [6, 6.07) is 12.1. The maximum absolute atomic E-state index is 13.1. The zero-order valence-electron chi connectivity index (χ0n) is 17.1. The molecule has 0 bridgehead atoms. The summed E-state index contributed by atoms with van der Waals surface area (Å²) >= 11 is 0. The maximum atomic E-state index is 13.1. The summed E-state index contributed by atoms with van der Waals surface area (Å²) in [6.07, 6.45) is 2.41. The lowest BCUT2D eigenvalue weighted by molar-refractivity contribution is 0.0896. The lowest BCUT2D eigenvalue weighted by Crippen LogP contribution is -2.37. The summed E-state index contributed by atoms with van der Waals surface area (Å²) in [6.45, 7) is 4.36. The van der Waals surface area contributed by atoms with Crippen molar-refractivity contribution >= 4 is 11.7 Å². The topological polar surface area (TPSA) is 64.6 Å². The molecule has 29 heavy (non-hydrogen) atoms. The van der Waals surface area contributed by atoms with Crippen molar-refractivity contribution in [1.29, 1.82) is 0 Å². The Labute approximate surface area is 171 Å². The second kappa shape index (κ2) is 9.85. The van der Waals surface area contributed by atoms with Crippen molar-refractivity contribution in [2.24, 2.45) is 5.92 Å². The SMILES string of the molecule is CNC(=O)Nc1ccc(C)cc1C(O)CN1CCC(Cc2ccc(F)cc2)CC1. The van der Waals surface area contributed by atoms with Gasteiger partial charge in [0.15, 0.2) is 0 Å². The molecule has 3 rings (SSSR count). The molecule has 0 radical (unpaired) electrons. The predicted molar refractivity (Wildman–Crippen MR) is 113 cm³/mol. The Hall–Kier alpha value is -2.44. The number of hydrogen-bond acceptors (Lipinski definition) is 3. The third kappa shape index (κ3) is 6.02. The summed E-state index contributed by atoms with van der Waals surface area (Å²) in [5.74, 6) is 0.386. The highest BCUT2D eigenvalue weighted by Gasteiger charge is 2.23. The molecule has 1 heterocycles. The molecule has 1 atom stereocenters. The van der Waals surface area contributed by atoms with Crippen molar-refractivity contribution in [3.63, 3.8) is 0 Å². The number of hydrogen-bond donors (Lipinski definition) is 3. The average molecular weight is 400 g/mol. The molecule has 1 saturated heterocycles. The molecule has 0 saturated carbocycles. The zero-order valence-corrected chi connectivity index (χ0v) is 17.1. The molecule has 2 aromatic carbocycles. The number of halogens is 1. The molecular weight excluding hydrogens is 369 g/mol. The number of urea groups is 1. The largest absolute Gasteiger partial charge is 0.387 e. The summed E-state index contributed by atoms with van der Waals surface area (Å²) in [5, 5.41) is 16.2. The van der Waals surface area contributed by atoms with E-state index in [-0.39, 0.29) is 11.8 Å². The number of likely N-dealkylation sites (tertiary alicyclic amines) is 1. The van der Waals surface area contributed by atoms with Gasteiger partial charge in [-0.25, -0.2) is 9.18 Å². The fraction of sp³-hybridized carbons (Fsp3) is 0.435. The first-order valence-electron chi connectivity index (χ1n) is 10.2. The second-order valence-electron chi connectivity index (χ2n) is 7.89. The van der Waals surface area contributed by atoms with E-state index < -0.39 is 6.10 Å². The monoisotopic (exact) mass is 399 g/mol. The van der Waals surface area contributed by atoms with Crippen molar-refractivity contribution < 1.29 is 14.3 Å². The van der Waals surface area contributed by atoms with Gasteiger partial charge in [-0.1, -0.05) is 29.8 Å². The number of nitrogens with zero attached hydrogens (tertiary/aromatic N) is 1. The third-order valence-corrected chi connectivity index (χ3v) is 5.62. The Balaban J connectivity index is 1.55. The number of benzene rings is 2. The third-order valence-electron chi connectivity index (χ3n) is 5.62. The van der Waals surface area contributed by atoms with E-state index in [0.717, 1.165) is 43.5 Å². The number of β-amino-alcohol motifs (C(OH)–C–C–N with tert-alkyl or cyclic N) is 1. The van der Waals surface area contributed by atoms with E-state index in [2.05, 4.69) is 15.5 Å². The van der Waals surface area contributed by atoms with Gasteiger partial charge in [-0.3, -0.25) is 0 Å². The molecule has 2 amide bonds. The molecule has 0 spiro atoms. The molecule has 6 heteroatoms. The second-order valence-corrected chi connectivity index (χ2v) is 7.89. The minimum Gasteiger partial charge on any atom is -0.387 e. The first kappa shape index (κ1) is 21.3. The van der Waals surface area contributed by atoms with E-state index in [1.54, 1.807) is 7.05 Å². The van der Waals surface area contributed by atoms with E-state index in [9.17, 15) is 14.3 Å². The fourth-order valence-electron chi connectivity index (χ4n) is 3.93. The number of aliphatic hydroxyl groups excluding tert-OH is 1. The number of carbonyl (C=O) groups is 1. The fourth-order valence-corrected chi connectivity index (χ4v) is 3.93. The number of aryl methyl sites for hydroxylation is 1. The van der Waals surface area contributed by atoms with Gasteiger partial charge in [0.1, 0.15) is 5.82 Å². The number of carbonyl (C=O) groups excluding carboxylic acids is 1. The maximum Gasteiger partial charge on any atom is 0.318 e. The Morgan fingerprint density at radius 1 is 1.21 bits per heavy atom. The van der Waals surface area contributed by atoms with Gasteiger partial charge in [-0.15, -0.1) is 0 Å². The molecule has 1 fully saturated rings. The molecule has 0 aliphatic carbocycles. The van der Waals surface area contributed by atoms with Crippen LogP contribution in [0, 0.1) is 18.7 Å². The van der Waals surface area contributed by atoms with Crippen LogP contribution in [-0.4, -0.2) is 42.7 Å². The van der Waals surface area contributed by atoms with E-state index >= 15 is 0 Å². The minimum absolute atomic E-state index is 0.195. The number of rotatable bonds is 6. The molecule has 2 aromatic rings. The minimum atomic E-state index is -0.671. The van der Waals surface area contributed by atoms with Gasteiger partial charge >= 0.3 is 6.03 Å².